The Hall–Kier alpha value is 0.960. The third-order valence-electron chi connectivity index (χ3n) is 0.829. The molecule has 0 spiro atoms. The van der Waals surface area contributed by atoms with Crippen molar-refractivity contribution in [2.75, 3.05) is 0 Å². The Kier molecular flexibility index (Phi) is 9.48. The summed E-state index contributed by atoms with van der Waals surface area (Å²) in [6.45, 7) is 0. The van der Waals surface area contributed by atoms with Crippen molar-refractivity contribution < 1.29 is 9.90 Å². The Morgan fingerprint density at radius 3 is 2.50 bits per heavy atom. The summed E-state index contributed by atoms with van der Waals surface area (Å²) >= 11 is 3.81. The van der Waals surface area contributed by atoms with E-state index < -0.39 is 5.97 Å². The molecule has 12 heavy (non-hydrogen) atoms. The van der Waals surface area contributed by atoms with Crippen molar-refractivity contribution in [1.29, 1.82) is 0 Å². The third-order valence-corrected chi connectivity index (χ3v) is 1.03. The molecule has 1 rings (SSSR count). The van der Waals surface area contributed by atoms with Crippen LogP contribution in [0.25, 0.3) is 0 Å². The van der Waals surface area contributed by atoms with Gasteiger partial charge in [0.05, 0.1) is 0 Å². The zero-order chi connectivity index (χ0) is 7.56. The minimum atomic E-state index is -0.952. The number of H-pyrrole nitrogens is 1. The number of aromatic nitrogens is 3. The van der Waals surface area contributed by atoms with Gasteiger partial charge in [-0.1, -0.05) is 0 Å². The number of nitrogens with one attached hydrogen (secondary N) is 1. The van der Waals surface area contributed by atoms with Crippen molar-refractivity contribution in [3.8, 4) is 0 Å². The molecule has 8 heteroatoms. The molecular weight excluding hydrogens is 200 g/mol. The van der Waals surface area contributed by atoms with E-state index >= 15 is 0 Å². The van der Waals surface area contributed by atoms with Gasteiger partial charge in [-0.05, 0) is 0 Å². The van der Waals surface area contributed by atoms with Crippen LogP contribution in [0.15, 0.2) is 5.16 Å². The van der Waals surface area contributed by atoms with Crippen molar-refractivity contribution >= 4 is 77.7 Å². The molecule has 0 saturated heterocycles. The molecule has 0 bridgehead atoms. The molecule has 1 aromatic heterocycles. The van der Waals surface area contributed by atoms with E-state index in [4.69, 9.17) is 5.11 Å². The Morgan fingerprint density at radius 1 is 1.58 bits per heavy atom. The van der Waals surface area contributed by atoms with E-state index in [-0.39, 0.29) is 71.4 Å². The second-order valence-electron chi connectivity index (χ2n) is 1.65. The zero-order valence-corrected chi connectivity index (χ0v) is 5.80. The van der Waals surface area contributed by atoms with E-state index in [0.717, 1.165) is 0 Å². The number of carbonyl (C=O) groups is 1. The number of aliphatic carboxylic acids is 1. The Balaban J connectivity index is 0. The van der Waals surface area contributed by atoms with Gasteiger partial charge in [0.15, 0.2) is 11.0 Å². The van der Waals surface area contributed by atoms with Crippen molar-refractivity contribution in [2.45, 2.75) is 11.6 Å². The summed E-state index contributed by atoms with van der Waals surface area (Å²) < 4.78 is 0. The first-order chi connectivity index (χ1) is 4.68. The second kappa shape index (κ2) is 7.37. The topological polar surface area (TPSA) is 78.9 Å². The van der Waals surface area contributed by atoms with Gasteiger partial charge in [0, 0.05) is 0 Å². The maximum absolute atomic E-state index is 10.1. The average molecular weight is 207 g/mol. The molecule has 0 atom stereocenters. The van der Waals surface area contributed by atoms with Gasteiger partial charge in [0.1, 0.15) is 6.42 Å². The van der Waals surface area contributed by atoms with Gasteiger partial charge in [-0.15, -0.1) is 12.6 Å². The van der Waals surface area contributed by atoms with Gasteiger partial charge in [0.2, 0.25) is 0 Å². The van der Waals surface area contributed by atoms with Crippen LogP contribution in [0, 0.1) is 0 Å². The molecule has 0 unspecified atom stereocenters. The SMILES string of the molecule is O=C(O)Cc1n[nH]c(S)n1.[NaH].[NaH]. The van der Waals surface area contributed by atoms with Gasteiger partial charge in [-0.25, -0.2) is 4.98 Å². The number of hydrogen-bond acceptors (Lipinski definition) is 4. The van der Waals surface area contributed by atoms with Crippen LogP contribution in [0.4, 0.5) is 0 Å². The fourth-order valence-corrected chi connectivity index (χ4v) is 0.667. The van der Waals surface area contributed by atoms with Gasteiger partial charge in [-0.3, -0.25) is 9.89 Å². The molecule has 0 aromatic carbocycles. The molecule has 58 valence electrons. The quantitative estimate of drug-likeness (QED) is 0.404. The number of thiol groups is 1. The van der Waals surface area contributed by atoms with Crippen LogP contribution >= 0.6 is 12.6 Å². The standard InChI is InChI=1S/C4H5N3O2S.2Na.2H/c8-3(9)1-2-5-4(10)7-6-2;;;;/h1H2,(H,8,9)(H2,5,6,7,10);;;;. The molecule has 0 fully saturated rings. The summed E-state index contributed by atoms with van der Waals surface area (Å²) in [5, 5.41) is 14.6. The van der Waals surface area contributed by atoms with E-state index in [1.807, 2.05) is 0 Å². The molecule has 2 N–H and O–H groups in total. The van der Waals surface area contributed by atoms with Crippen LogP contribution in [-0.2, 0) is 11.2 Å². The number of aromatic amines is 1. The van der Waals surface area contributed by atoms with Crippen molar-refractivity contribution in [3.63, 3.8) is 0 Å². The monoisotopic (exact) mass is 207 g/mol. The van der Waals surface area contributed by atoms with E-state index in [9.17, 15) is 4.79 Å². The van der Waals surface area contributed by atoms with Crippen molar-refractivity contribution in [2.24, 2.45) is 0 Å². The fraction of sp³-hybridized carbons (Fsp3) is 0.250. The summed E-state index contributed by atoms with van der Waals surface area (Å²) in [5.41, 5.74) is 0. The first-order valence-electron chi connectivity index (χ1n) is 2.50. The number of hydrogen-bond donors (Lipinski definition) is 3. The molecule has 0 saturated carbocycles. The van der Waals surface area contributed by atoms with E-state index in [1.165, 1.54) is 0 Å². The average Bonchev–Trinajstić information content (AvgIpc) is 2.13. The predicted octanol–water partition coefficient (Wildman–Crippen LogP) is -1.58. The zero-order valence-electron chi connectivity index (χ0n) is 4.90. The van der Waals surface area contributed by atoms with Crippen LogP contribution in [0.3, 0.4) is 0 Å². The number of rotatable bonds is 2. The van der Waals surface area contributed by atoms with Gasteiger partial charge in [-0.2, -0.15) is 5.10 Å². The molecule has 0 radical (unpaired) electrons. The minimum absolute atomic E-state index is 0. The molecule has 0 aliphatic carbocycles. The van der Waals surface area contributed by atoms with Gasteiger partial charge < -0.3 is 5.11 Å². The van der Waals surface area contributed by atoms with Crippen LogP contribution in [0.1, 0.15) is 5.82 Å². The first kappa shape index (κ1) is 15.4. The molecule has 0 amide bonds. The van der Waals surface area contributed by atoms with Crippen LogP contribution < -0.4 is 0 Å². The predicted molar refractivity (Wildman–Crippen MR) is 49.3 cm³/mol. The second-order valence-corrected chi connectivity index (χ2v) is 2.07. The summed E-state index contributed by atoms with van der Waals surface area (Å²) in [4.78, 5) is 13.7. The summed E-state index contributed by atoms with van der Waals surface area (Å²) in [6, 6.07) is 0. The van der Waals surface area contributed by atoms with Gasteiger partial charge in [0.25, 0.3) is 0 Å². The first-order valence-corrected chi connectivity index (χ1v) is 2.95. The number of carboxylic acids is 1. The van der Waals surface area contributed by atoms with Crippen LogP contribution in [0.2, 0.25) is 0 Å². The Bertz CT molecular complexity index is 254. The fourth-order valence-electron chi connectivity index (χ4n) is 0.501. The van der Waals surface area contributed by atoms with Gasteiger partial charge >= 0.3 is 65.1 Å². The van der Waals surface area contributed by atoms with E-state index in [2.05, 4.69) is 27.8 Å². The Labute approximate surface area is 119 Å². The van der Waals surface area contributed by atoms with Crippen molar-refractivity contribution in [1.82, 2.24) is 15.2 Å². The normalized spacial score (nSPS) is 8.08. The third kappa shape index (κ3) is 5.58. The molecule has 0 aliphatic rings. The summed E-state index contributed by atoms with van der Waals surface area (Å²) in [6.07, 6.45) is -0.170. The molecule has 1 heterocycles. The van der Waals surface area contributed by atoms with Crippen molar-refractivity contribution in [3.05, 3.63) is 5.82 Å². The van der Waals surface area contributed by atoms with Crippen LogP contribution in [-0.4, -0.2) is 85.4 Å². The molecular formula is C4H7N3Na2O2S. The number of nitrogens with zero attached hydrogens (tertiary/aromatic N) is 2. The Morgan fingerprint density at radius 2 is 2.17 bits per heavy atom. The molecule has 5 nitrogen and oxygen atoms in total. The van der Waals surface area contributed by atoms with E-state index in [0.29, 0.717) is 5.16 Å². The van der Waals surface area contributed by atoms with E-state index in [1.54, 1.807) is 0 Å². The summed E-state index contributed by atoms with van der Waals surface area (Å²) in [5.74, 6) is -0.704. The summed E-state index contributed by atoms with van der Waals surface area (Å²) in [7, 11) is 0. The molecule has 0 aliphatic heterocycles. The number of carboxylic acid groups (broad SMARTS) is 1. The van der Waals surface area contributed by atoms with Crippen LogP contribution in [0.5, 0.6) is 0 Å². The molecule has 1 aromatic rings. The maximum atomic E-state index is 10.1.